The summed E-state index contributed by atoms with van der Waals surface area (Å²) in [5.74, 6) is 1.93. The van der Waals surface area contributed by atoms with E-state index >= 15 is 0 Å². The highest BCUT2D eigenvalue weighted by molar-refractivity contribution is 7.27. The van der Waals surface area contributed by atoms with E-state index in [4.69, 9.17) is 15.0 Å². The summed E-state index contributed by atoms with van der Waals surface area (Å²) in [4.78, 5) is 15.6. The van der Waals surface area contributed by atoms with Gasteiger partial charge in [-0.05, 0) is 50.6 Å². The van der Waals surface area contributed by atoms with Crippen LogP contribution in [0.25, 0.3) is 98.8 Å². The number of aromatic nitrogens is 3. The molecule has 4 heteroatoms. The van der Waals surface area contributed by atoms with E-state index in [0.29, 0.717) is 17.5 Å². The average molecular weight is 720 g/mol. The van der Waals surface area contributed by atoms with Gasteiger partial charge in [-0.15, -0.1) is 11.3 Å². The van der Waals surface area contributed by atoms with Crippen molar-refractivity contribution in [3.05, 3.63) is 200 Å². The molecule has 8 aromatic carbocycles. The SMILES string of the molecule is c1ccc(-c2ccc(-c3nc(-c4ccc(-c5ccccc5)cc4)nc(-c4cccc5c4sc4c(-c6ccccc6)ccc(-c6ccccc6)c45)n3)cc2)cc1. The Bertz CT molecular complexity index is 2820. The molecule has 2 aromatic heterocycles. The zero-order valence-corrected chi connectivity index (χ0v) is 30.6. The third kappa shape index (κ3) is 6.19. The van der Waals surface area contributed by atoms with Crippen molar-refractivity contribution in [3.8, 4) is 78.7 Å². The Morgan fingerprint density at radius 3 is 1.16 bits per heavy atom. The van der Waals surface area contributed by atoms with Crippen molar-refractivity contribution in [2.45, 2.75) is 0 Å². The topological polar surface area (TPSA) is 38.7 Å². The summed E-state index contributed by atoms with van der Waals surface area (Å²) in [6, 6.07) is 70.3. The van der Waals surface area contributed by atoms with Gasteiger partial charge in [0.25, 0.3) is 0 Å². The molecule has 258 valence electrons. The first-order valence-electron chi connectivity index (χ1n) is 18.4. The van der Waals surface area contributed by atoms with Crippen LogP contribution in [0.2, 0.25) is 0 Å². The van der Waals surface area contributed by atoms with Gasteiger partial charge in [0.15, 0.2) is 17.5 Å². The van der Waals surface area contributed by atoms with Crippen LogP contribution < -0.4 is 0 Å². The van der Waals surface area contributed by atoms with Crippen LogP contribution in [0.5, 0.6) is 0 Å². The maximum Gasteiger partial charge on any atom is 0.165 e. The van der Waals surface area contributed by atoms with Crippen molar-refractivity contribution in [1.29, 1.82) is 0 Å². The Kier molecular flexibility index (Phi) is 8.36. The molecule has 0 radical (unpaired) electrons. The molecule has 0 fully saturated rings. The second-order valence-corrected chi connectivity index (χ2v) is 14.6. The molecule has 55 heavy (non-hydrogen) atoms. The predicted octanol–water partition coefficient (Wildman–Crippen LogP) is 13.9. The Balaban J connectivity index is 1.18. The third-order valence-corrected chi connectivity index (χ3v) is 11.5. The van der Waals surface area contributed by atoms with E-state index in [1.807, 2.05) is 23.5 Å². The summed E-state index contributed by atoms with van der Waals surface area (Å²) in [5, 5.41) is 2.44. The Labute approximate surface area is 323 Å². The number of hydrogen-bond acceptors (Lipinski definition) is 4. The fraction of sp³-hybridized carbons (Fsp3) is 0. The van der Waals surface area contributed by atoms with Crippen LogP contribution in [-0.2, 0) is 0 Å². The minimum absolute atomic E-state index is 0.639. The molecule has 0 N–H and O–H groups in total. The summed E-state index contributed by atoms with van der Waals surface area (Å²) in [6.45, 7) is 0. The molecule has 3 nitrogen and oxygen atoms in total. The van der Waals surface area contributed by atoms with Crippen molar-refractivity contribution < 1.29 is 0 Å². The van der Waals surface area contributed by atoms with Gasteiger partial charge in [-0.3, -0.25) is 0 Å². The van der Waals surface area contributed by atoms with Gasteiger partial charge in [-0.1, -0.05) is 194 Å². The molecule has 0 atom stereocenters. The van der Waals surface area contributed by atoms with Gasteiger partial charge in [-0.25, -0.2) is 15.0 Å². The van der Waals surface area contributed by atoms with Crippen LogP contribution in [0, 0.1) is 0 Å². The van der Waals surface area contributed by atoms with Gasteiger partial charge in [0, 0.05) is 36.9 Å². The predicted molar refractivity (Wildman–Crippen MR) is 231 cm³/mol. The molecule has 0 aliphatic carbocycles. The number of nitrogens with zero attached hydrogens (tertiary/aromatic N) is 3. The Morgan fingerprint density at radius 2 is 0.655 bits per heavy atom. The van der Waals surface area contributed by atoms with E-state index < -0.39 is 0 Å². The second kappa shape index (κ2) is 14.1. The molecule has 0 unspecified atom stereocenters. The van der Waals surface area contributed by atoms with Gasteiger partial charge in [0.05, 0.1) is 0 Å². The third-order valence-electron chi connectivity index (χ3n) is 10.2. The van der Waals surface area contributed by atoms with Gasteiger partial charge in [-0.2, -0.15) is 0 Å². The van der Waals surface area contributed by atoms with E-state index in [1.54, 1.807) is 0 Å². The van der Waals surface area contributed by atoms with Crippen LogP contribution in [0.1, 0.15) is 0 Å². The van der Waals surface area contributed by atoms with Gasteiger partial charge >= 0.3 is 0 Å². The minimum Gasteiger partial charge on any atom is -0.208 e. The molecular weight excluding hydrogens is 687 g/mol. The van der Waals surface area contributed by atoms with E-state index in [-0.39, 0.29) is 0 Å². The van der Waals surface area contributed by atoms with Crippen molar-refractivity contribution in [3.63, 3.8) is 0 Å². The maximum atomic E-state index is 5.23. The van der Waals surface area contributed by atoms with E-state index in [2.05, 4.69) is 188 Å². The van der Waals surface area contributed by atoms with Crippen LogP contribution in [0.15, 0.2) is 200 Å². The quantitative estimate of drug-likeness (QED) is 0.165. The summed E-state index contributed by atoms with van der Waals surface area (Å²) < 4.78 is 2.40. The normalized spacial score (nSPS) is 11.3. The molecule has 0 aliphatic rings. The smallest absolute Gasteiger partial charge is 0.165 e. The van der Waals surface area contributed by atoms with E-state index in [9.17, 15) is 0 Å². The van der Waals surface area contributed by atoms with Crippen LogP contribution in [0.4, 0.5) is 0 Å². The molecule has 0 saturated carbocycles. The lowest BCUT2D eigenvalue weighted by Crippen LogP contribution is -2.00. The molecule has 0 aliphatic heterocycles. The van der Waals surface area contributed by atoms with Crippen molar-refractivity contribution in [2.24, 2.45) is 0 Å². The summed E-state index contributed by atoms with van der Waals surface area (Å²) in [6.07, 6.45) is 0. The van der Waals surface area contributed by atoms with Gasteiger partial charge in [0.1, 0.15) is 0 Å². The lowest BCUT2D eigenvalue weighted by Gasteiger charge is -2.11. The standard InChI is InChI=1S/C51H33N3S/c1-5-14-34(15-6-1)36-24-28-40(29-25-36)49-52-50(41-30-26-37(27-31-41)35-16-7-2-8-17-35)54-51(53-49)45-23-13-22-44-46-42(38-18-9-3-10-19-38)32-33-43(48(46)55-47(44)45)39-20-11-4-12-21-39/h1-33H. The number of thiophene rings is 1. The van der Waals surface area contributed by atoms with Gasteiger partial charge < -0.3 is 0 Å². The highest BCUT2D eigenvalue weighted by atomic mass is 32.1. The number of hydrogen-bond donors (Lipinski definition) is 0. The highest BCUT2D eigenvalue weighted by Crippen LogP contribution is 2.47. The first-order valence-corrected chi connectivity index (χ1v) is 19.3. The number of benzene rings is 8. The molecule has 10 aromatic rings. The van der Waals surface area contributed by atoms with Crippen LogP contribution in [-0.4, -0.2) is 15.0 Å². The van der Waals surface area contributed by atoms with Crippen molar-refractivity contribution in [2.75, 3.05) is 0 Å². The minimum atomic E-state index is 0.639. The van der Waals surface area contributed by atoms with Crippen LogP contribution >= 0.6 is 11.3 Å². The summed E-state index contributed by atoms with van der Waals surface area (Å²) in [5.41, 5.74) is 12.3. The second-order valence-electron chi connectivity index (χ2n) is 13.6. The van der Waals surface area contributed by atoms with Crippen molar-refractivity contribution >= 4 is 31.5 Å². The molecular formula is C51H33N3S. The Morgan fingerprint density at radius 1 is 0.255 bits per heavy atom. The molecule has 0 spiro atoms. The highest BCUT2D eigenvalue weighted by Gasteiger charge is 2.20. The molecule has 10 rings (SSSR count). The zero-order valence-electron chi connectivity index (χ0n) is 29.8. The van der Waals surface area contributed by atoms with E-state index in [1.165, 1.54) is 48.9 Å². The first-order chi connectivity index (χ1) is 27.3. The van der Waals surface area contributed by atoms with Crippen LogP contribution in [0.3, 0.4) is 0 Å². The monoisotopic (exact) mass is 719 g/mol. The zero-order chi connectivity index (χ0) is 36.6. The van der Waals surface area contributed by atoms with E-state index in [0.717, 1.165) is 32.5 Å². The number of rotatable bonds is 7. The average Bonchev–Trinajstić information content (AvgIpc) is 3.67. The van der Waals surface area contributed by atoms with Gasteiger partial charge in [0.2, 0.25) is 0 Å². The molecule has 0 bridgehead atoms. The summed E-state index contributed by atoms with van der Waals surface area (Å²) >= 11 is 1.82. The number of fused-ring (bicyclic) bond motifs is 3. The fourth-order valence-corrected chi connectivity index (χ4v) is 8.79. The fourth-order valence-electron chi connectivity index (χ4n) is 7.42. The largest absolute Gasteiger partial charge is 0.208 e. The summed E-state index contributed by atoms with van der Waals surface area (Å²) in [7, 11) is 0. The Hall–Kier alpha value is -7.01. The van der Waals surface area contributed by atoms with Crippen molar-refractivity contribution in [1.82, 2.24) is 15.0 Å². The lowest BCUT2D eigenvalue weighted by molar-refractivity contribution is 1.08. The molecule has 0 saturated heterocycles. The first kappa shape index (κ1) is 32.6. The lowest BCUT2D eigenvalue weighted by atomic mass is 9.94. The molecule has 0 amide bonds. The molecule has 2 heterocycles. The maximum absolute atomic E-state index is 5.23.